The van der Waals surface area contributed by atoms with Crippen LogP contribution in [0.1, 0.15) is 11.1 Å². The molecule has 0 radical (unpaired) electrons. The largest absolute Gasteiger partial charge is 0.422 e. The van der Waals surface area contributed by atoms with E-state index in [2.05, 4.69) is 15.9 Å². The molecule has 1 heterocycles. The van der Waals surface area contributed by atoms with Gasteiger partial charge in [0, 0.05) is 9.86 Å². The molecule has 0 aliphatic heterocycles. The average molecular weight is 393 g/mol. The van der Waals surface area contributed by atoms with Crippen LogP contribution in [0.3, 0.4) is 0 Å². The summed E-state index contributed by atoms with van der Waals surface area (Å²) in [5, 5.41) is 0.543. The lowest BCUT2D eigenvalue weighted by Crippen LogP contribution is -2.14. The molecule has 0 bridgehead atoms. The Balaban J connectivity index is 2.29. The molecule has 0 fully saturated rings. The molecule has 3 aromatic rings. The molecule has 2 aromatic carbocycles. The molecule has 3 rings (SSSR count). The van der Waals surface area contributed by atoms with Crippen molar-refractivity contribution in [2.24, 2.45) is 0 Å². The van der Waals surface area contributed by atoms with Crippen LogP contribution < -0.4 is 5.63 Å². The number of fused-ring (bicyclic) bond motifs is 1. The second kappa shape index (κ2) is 5.62. The van der Waals surface area contributed by atoms with E-state index in [9.17, 15) is 13.2 Å². The molecule has 0 unspecified atom stereocenters. The van der Waals surface area contributed by atoms with Gasteiger partial charge in [-0.05, 0) is 61.4 Å². The van der Waals surface area contributed by atoms with E-state index in [1.165, 1.54) is 6.07 Å². The Bertz CT molecular complexity index is 1060. The summed E-state index contributed by atoms with van der Waals surface area (Å²) in [6, 6.07) is 11.4. The van der Waals surface area contributed by atoms with Crippen molar-refractivity contribution in [1.82, 2.24) is 0 Å². The summed E-state index contributed by atoms with van der Waals surface area (Å²) in [5.41, 5.74) is 1.12. The van der Waals surface area contributed by atoms with Gasteiger partial charge in [-0.2, -0.15) is 0 Å². The lowest BCUT2D eigenvalue weighted by Gasteiger charge is -2.07. The number of benzene rings is 2. The van der Waals surface area contributed by atoms with Crippen LogP contribution in [0.25, 0.3) is 11.0 Å². The lowest BCUT2D eigenvalue weighted by atomic mass is 10.2. The van der Waals surface area contributed by atoms with Gasteiger partial charge in [0.05, 0.1) is 4.90 Å². The topological polar surface area (TPSA) is 64.3 Å². The molecule has 0 spiro atoms. The van der Waals surface area contributed by atoms with Crippen LogP contribution in [0.5, 0.6) is 0 Å². The van der Waals surface area contributed by atoms with Crippen LogP contribution in [0.15, 0.2) is 65.9 Å². The van der Waals surface area contributed by atoms with Crippen LogP contribution in [0.2, 0.25) is 0 Å². The highest BCUT2D eigenvalue weighted by molar-refractivity contribution is 9.10. The van der Waals surface area contributed by atoms with E-state index in [1.54, 1.807) is 30.3 Å². The summed E-state index contributed by atoms with van der Waals surface area (Å²) in [7, 11) is -3.94. The van der Waals surface area contributed by atoms with E-state index in [1.807, 2.05) is 19.9 Å². The second-order valence-electron chi connectivity index (χ2n) is 5.41. The van der Waals surface area contributed by atoms with Crippen LogP contribution in [-0.4, -0.2) is 8.42 Å². The molecule has 6 heteroatoms. The highest BCUT2D eigenvalue weighted by Crippen LogP contribution is 2.25. The first-order chi connectivity index (χ1) is 10.8. The van der Waals surface area contributed by atoms with E-state index in [-0.39, 0.29) is 9.79 Å². The maximum Gasteiger partial charge on any atom is 0.355 e. The Kier molecular flexibility index (Phi) is 3.90. The van der Waals surface area contributed by atoms with Gasteiger partial charge in [0.25, 0.3) is 0 Å². The van der Waals surface area contributed by atoms with E-state index in [4.69, 9.17) is 4.42 Å². The molecule has 0 atom stereocenters. The molecular formula is C17H13BrO4S. The number of rotatable bonds is 2. The molecule has 1 aromatic heterocycles. The molecule has 0 saturated carbocycles. The summed E-state index contributed by atoms with van der Waals surface area (Å²) in [6.07, 6.45) is 0. The zero-order valence-corrected chi connectivity index (χ0v) is 14.9. The first kappa shape index (κ1) is 16.0. The van der Waals surface area contributed by atoms with Gasteiger partial charge < -0.3 is 4.42 Å². The maximum atomic E-state index is 12.8. The number of halogens is 1. The number of hydrogen-bond acceptors (Lipinski definition) is 4. The molecular weight excluding hydrogens is 380 g/mol. The van der Waals surface area contributed by atoms with Crippen LogP contribution in [0.4, 0.5) is 0 Å². The Morgan fingerprint density at radius 3 is 2.26 bits per heavy atom. The van der Waals surface area contributed by atoms with Gasteiger partial charge in [-0.3, -0.25) is 0 Å². The third-order valence-electron chi connectivity index (χ3n) is 3.46. The molecule has 118 valence electrons. The first-order valence-electron chi connectivity index (χ1n) is 6.84. The van der Waals surface area contributed by atoms with Crippen molar-refractivity contribution < 1.29 is 12.8 Å². The van der Waals surface area contributed by atoms with Crippen molar-refractivity contribution in [2.45, 2.75) is 23.6 Å². The monoisotopic (exact) mass is 392 g/mol. The van der Waals surface area contributed by atoms with E-state index >= 15 is 0 Å². The van der Waals surface area contributed by atoms with Gasteiger partial charge in [0.1, 0.15) is 5.58 Å². The quantitative estimate of drug-likeness (QED) is 0.618. The highest BCUT2D eigenvalue weighted by atomic mass is 79.9. The minimum atomic E-state index is -3.94. The Morgan fingerprint density at radius 1 is 0.957 bits per heavy atom. The van der Waals surface area contributed by atoms with Gasteiger partial charge >= 0.3 is 5.63 Å². The highest BCUT2D eigenvalue weighted by Gasteiger charge is 2.23. The fourth-order valence-corrected chi connectivity index (χ4v) is 4.34. The van der Waals surface area contributed by atoms with Gasteiger partial charge in [-0.15, -0.1) is 0 Å². The number of sulfone groups is 1. The smallest absolute Gasteiger partial charge is 0.355 e. The van der Waals surface area contributed by atoms with Crippen molar-refractivity contribution in [1.29, 1.82) is 0 Å². The van der Waals surface area contributed by atoms with Gasteiger partial charge in [0.2, 0.25) is 9.84 Å². The van der Waals surface area contributed by atoms with Gasteiger partial charge in [-0.1, -0.05) is 22.0 Å². The fourth-order valence-electron chi connectivity index (χ4n) is 2.48. The summed E-state index contributed by atoms with van der Waals surface area (Å²) in [4.78, 5) is 11.9. The van der Waals surface area contributed by atoms with E-state index in [0.717, 1.165) is 15.6 Å². The normalized spacial score (nSPS) is 11.8. The first-order valence-corrected chi connectivity index (χ1v) is 9.12. The predicted molar refractivity (Wildman–Crippen MR) is 91.6 cm³/mol. The molecule has 0 aliphatic carbocycles. The third-order valence-corrected chi connectivity index (χ3v) is 5.67. The van der Waals surface area contributed by atoms with Gasteiger partial charge in [0.15, 0.2) is 4.90 Å². The van der Waals surface area contributed by atoms with Crippen molar-refractivity contribution in [2.75, 3.05) is 0 Å². The van der Waals surface area contributed by atoms with Crippen LogP contribution in [0, 0.1) is 13.8 Å². The molecule has 0 amide bonds. The van der Waals surface area contributed by atoms with Crippen LogP contribution in [-0.2, 0) is 9.84 Å². The Hall–Kier alpha value is -1.92. The molecule has 4 nitrogen and oxygen atoms in total. The molecule has 23 heavy (non-hydrogen) atoms. The molecule has 0 saturated heterocycles. The minimum absolute atomic E-state index is 0.0941. The summed E-state index contributed by atoms with van der Waals surface area (Å²) < 4.78 is 31.6. The zero-order chi connectivity index (χ0) is 16.8. The molecule has 0 N–H and O–H groups in total. The SMILES string of the molecule is Cc1cc(C)cc(S(=O)(=O)c2cc3cc(Br)ccc3oc2=O)c1. The fraction of sp³-hybridized carbons (Fsp3) is 0.118. The Labute approximate surface area is 141 Å². The average Bonchev–Trinajstić information content (AvgIpc) is 2.46. The van der Waals surface area contributed by atoms with E-state index < -0.39 is 15.5 Å². The lowest BCUT2D eigenvalue weighted by molar-refractivity contribution is 0.532. The predicted octanol–water partition coefficient (Wildman–Crippen LogP) is 4.01. The third kappa shape index (κ3) is 2.96. The zero-order valence-electron chi connectivity index (χ0n) is 12.5. The summed E-state index contributed by atoms with van der Waals surface area (Å²) in [6.45, 7) is 3.62. The summed E-state index contributed by atoms with van der Waals surface area (Å²) in [5.74, 6) is 0. The van der Waals surface area contributed by atoms with Gasteiger partial charge in [-0.25, -0.2) is 13.2 Å². The van der Waals surface area contributed by atoms with Crippen molar-refractivity contribution in [3.05, 3.63) is 68.5 Å². The minimum Gasteiger partial charge on any atom is -0.422 e. The van der Waals surface area contributed by atoms with Crippen molar-refractivity contribution in [3.63, 3.8) is 0 Å². The maximum absolute atomic E-state index is 12.8. The molecule has 0 aliphatic rings. The number of hydrogen-bond donors (Lipinski definition) is 0. The Morgan fingerprint density at radius 2 is 1.61 bits per heavy atom. The second-order valence-corrected chi connectivity index (χ2v) is 8.24. The van der Waals surface area contributed by atoms with Crippen LogP contribution >= 0.6 is 15.9 Å². The van der Waals surface area contributed by atoms with E-state index in [0.29, 0.717) is 11.0 Å². The van der Waals surface area contributed by atoms with Crippen molar-refractivity contribution in [3.8, 4) is 0 Å². The summed E-state index contributed by atoms with van der Waals surface area (Å²) >= 11 is 3.32. The van der Waals surface area contributed by atoms with Crippen molar-refractivity contribution >= 4 is 36.7 Å². The number of aryl methyl sites for hydroxylation is 2. The standard InChI is InChI=1S/C17H13BrO4S/c1-10-5-11(2)7-14(6-10)23(20,21)16-9-12-8-13(18)3-4-15(12)22-17(16)19/h3-9H,1-2H3.